The molecule has 50 heavy (non-hydrogen) atoms. The number of carbonyl (C=O) groups is 1. The Morgan fingerprint density at radius 1 is 0.920 bits per heavy atom. The van der Waals surface area contributed by atoms with Gasteiger partial charge in [-0.2, -0.15) is 31.4 Å². The molecule has 0 aliphatic rings. The number of hydrogen-bond donors (Lipinski definition) is 0. The van der Waals surface area contributed by atoms with Crippen molar-refractivity contribution >= 4 is 37.5 Å². The molecule has 268 valence electrons. The van der Waals surface area contributed by atoms with E-state index in [-0.39, 0.29) is 52.1 Å². The molecule has 0 aliphatic heterocycles. The summed E-state index contributed by atoms with van der Waals surface area (Å²) < 4.78 is 102. The van der Waals surface area contributed by atoms with Crippen molar-refractivity contribution in [3.05, 3.63) is 99.7 Å². The summed E-state index contributed by atoms with van der Waals surface area (Å²) in [4.78, 5) is 13.3. The number of ether oxygens (including phenoxy) is 2. The molecular formula is C35H34Cl2F6N2O4Si. The lowest BCUT2D eigenvalue weighted by molar-refractivity contribution is -0.141. The van der Waals surface area contributed by atoms with Gasteiger partial charge in [0.05, 0.1) is 28.5 Å². The fourth-order valence-corrected chi connectivity index (χ4v) is 5.81. The Balaban J connectivity index is 1.90. The highest BCUT2D eigenvalue weighted by Crippen LogP contribution is 2.48. The number of aromatic nitrogens is 2. The van der Waals surface area contributed by atoms with E-state index < -0.39 is 42.9 Å². The standard InChI is InChI=1S/C35H34Cl2F6N2O4Si/c1-33(2,3)50(5,6)48-17-7-8-30(46)49-32-24(27-19-29(35(41,42)43)44-45(27)4)14-16-28(47-20-21-9-12-23(36)13-10-21)31(32)22-11-15-26(37)25(18-22)34(38,39)40/h7-16,18-19H,17,20H2,1-6H3/b8-7+. The topological polar surface area (TPSA) is 62.6 Å². The van der Waals surface area contributed by atoms with E-state index in [1.54, 1.807) is 24.3 Å². The van der Waals surface area contributed by atoms with Crippen molar-refractivity contribution in [2.24, 2.45) is 7.05 Å². The first kappa shape index (κ1) is 39.0. The molecule has 0 bridgehead atoms. The minimum absolute atomic E-state index is 0.0367. The van der Waals surface area contributed by atoms with Crippen molar-refractivity contribution in [1.82, 2.24) is 9.78 Å². The van der Waals surface area contributed by atoms with Crippen LogP contribution in [0.15, 0.2) is 72.8 Å². The summed E-state index contributed by atoms with van der Waals surface area (Å²) in [5.41, 5.74) is -2.28. The number of alkyl halides is 6. The first-order chi connectivity index (χ1) is 23.1. The van der Waals surface area contributed by atoms with E-state index in [0.717, 1.165) is 29.0 Å². The predicted molar refractivity (Wildman–Crippen MR) is 183 cm³/mol. The third-order valence-corrected chi connectivity index (χ3v) is 13.3. The van der Waals surface area contributed by atoms with Crippen LogP contribution < -0.4 is 9.47 Å². The molecule has 0 aliphatic carbocycles. The quantitative estimate of drug-likeness (QED) is 0.0530. The Labute approximate surface area is 296 Å². The van der Waals surface area contributed by atoms with Crippen LogP contribution >= 0.6 is 23.2 Å². The van der Waals surface area contributed by atoms with Crippen LogP contribution in [0.1, 0.15) is 37.6 Å². The lowest BCUT2D eigenvalue weighted by Gasteiger charge is -2.35. The van der Waals surface area contributed by atoms with Gasteiger partial charge in [-0.3, -0.25) is 4.68 Å². The Bertz CT molecular complexity index is 1880. The third-order valence-electron chi connectivity index (χ3n) is 8.24. The van der Waals surface area contributed by atoms with E-state index in [4.69, 9.17) is 37.1 Å². The maximum absolute atomic E-state index is 14.1. The summed E-state index contributed by atoms with van der Waals surface area (Å²) in [5, 5.41) is 3.33. The van der Waals surface area contributed by atoms with Crippen LogP contribution in [0, 0.1) is 0 Å². The number of benzene rings is 3. The number of halogens is 8. The van der Waals surface area contributed by atoms with Gasteiger partial charge in [-0.05, 0) is 71.7 Å². The van der Waals surface area contributed by atoms with Gasteiger partial charge in [0.1, 0.15) is 12.4 Å². The molecule has 4 rings (SSSR count). The lowest BCUT2D eigenvalue weighted by atomic mass is 9.96. The molecule has 0 atom stereocenters. The number of aryl methyl sites for hydroxylation is 1. The van der Waals surface area contributed by atoms with Gasteiger partial charge in [-0.1, -0.05) is 68.2 Å². The molecule has 3 aromatic carbocycles. The number of carbonyl (C=O) groups excluding carboxylic acids is 1. The van der Waals surface area contributed by atoms with Crippen molar-refractivity contribution in [2.75, 3.05) is 6.61 Å². The van der Waals surface area contributed by atoms with Crippen molar-refractivity contribution < 1.29 is 45.0 Å². The average molecular weight is 760 g/mol. The molecule has 0 saturated carbocycles. The molecule has 0 radical (unpaired) electrons. The summed E-state index contributed by atoms with van der Waals surface area (Å²) in [6.45, 7) is 10.2. The second kappa shape index (κ2) is 14.8. The largest absolute Gasteiger partial charge is 0.488 e. The second-order valence-electron chi connectivity index (χ2n) is 12.9. The highest BCUT2D eigenvalue weighted by Gasteiger charge is 2.38. The zero-order valence-corrected chi connectivity index (χ0v) is 30.4. The maximum Gasteiger partial charge on any atom is 0.435 e. The van der Waals surface area contributed by atoms with Crippen molar-refractivity contribution in [3.8, 4) is 33.9 Å². The second-order valence-corrected chi connectivity index (χ2v) is 18.5. The van der Waals surface area contributed by atoms with Gasteiger partial charge in [-0.15, -0.1) is 0 Å². The van der Waals surface area contributed by atoms with Crippen LogP contribution in [0.2, 0.25) is 28.2 Å². The SMILES string of the molecule is Cn1nc(C(F)(F)F)cc1-c1ccc(OCc2ccc(Cl)cc2)c(-c2ccc(Cl)c(C(F)(F)F)c2)c1OC(=O)/C=C/CO[Si](C)(C)C(C)(C)C. The van der Waals surface area contributed by atoms with Gasteiger partial charge in [0.15, 0.2) is 19.8 Å². The zero-order valence-electron chi connectivity index (χ0n) is 27.9. The average Bonchev–Trinajstić information content (AvgIpc) is 3.40. The van der Waals surface area contributed by atoms with Gasteiger partial charge in [-0.25, -0.2) is 4.79 Å². The smallest absolute Gasteiger partial charge is 0.435 e. The van der Waals surface area contributed by atoms with Crippen LogP contribution in [0.4, 0.5) is 26.3 Å². The molecule has 1 heterocycles. The van der Waals surface area contributed by atoms with E-state index >= 15 is 0 Å². The van der Waals surface area contributed by atoms with E-state index in [0.29, 0.717) is 10.6 Å². The molecule has 0 spiro atoms. The maximum atomic E-state index is 14.1. The van der Waals surface area contributed by atoms with E-state index in [1.165, 1.54) is 31.3 Å². The number of hydrogen-bond acceptors (Lipinski definition) is 5. The fraction of sp³-hybridized carbons (Fsp3) is 0.314. The minimum atomic E-state index is -4.87. The lowest BCUT2D eigenvalue weighted by Crippen LogP contribution is -2.40. The van der Waals surface area contributed by atoms with Crippen LogP contribution in [-0.4, -0.2) is 30.7 Å². The van der Waals surface area contributed by atoms with Gasteiger partial charge in [0, 0.05) is 23.7 Å². The van der Waals surface area contributed by atoms with Gasteiger partial charge >= 0.3 is 18.3 Å². The third kappa shape index (κ3) is 9.30. The summed E-state index contributed by atoms with van der Waals surface area (Å²) in [7, 11) is -0.929. The Morgan fingerprint density at radius 2 is 1.58 bits per heavy atom. The first-order valence-electron chi connectivity index (χ1n) is 15.1. The molecular weight excluding hydrogens is 725 g/mol. The molecule has 1 aromatic heterocycles. The normalized spacial score (nSPS) is 12.8. The summed E-state index contributed by atoms with van der Waals surface area (Å²) in [6.07, 6.45) is -7.18. The van der Waals surface area contributed by atoms with Crippen LogP contribution in [0.25, 0.3) is 22.4 Å². The van der Waals surface area contributed by atoms with Crippen molar-refractivity contribution in [2.45, 2.75) is 57.9 Å². The van der Waals surface area contributed by atoms with Gasteiger partial charge < -0.3 is 13.9 Å². The molecule has 0 saturated heterocycles. The molecule has 0 fully saturated rings. The van der Waals surface area contributed by atoms with Crippen molar-refractivity contribution in [3.63, 3.8) is 0 Å². The number of esters is 1. The Hall–Kier alpha value is -3.78. The highest BCUT2D eigenvalue weighted by atomic mass is 35.5. The van der Waals surface area contributed by atoms with E-state index in [1.807, 2.05) is 33.9 Å². The Morgan fingerprint density at radius 3 is 2.16 bits per heavy atom. The summed E-state index contributed by atoms with van der Waals surface area (Å²) in [5.74, 6) is -1.37. The monoisotopic (exact) mass is 758 g/mol. The predicted octanol–water partition coefficient (Wildman–Crippen LogP) is 11.2. The molecule has 6 nitrogen and oxygen atoms in total. The number of rotatable bonds is 10. The minimum Gasteiger partial charge on any atom is -0.488 e. The molecule has 0 amide bonds. The number of nitrogens with zero attached hydrogens (tertiary/aromatic N) is 2. The zero-order chi connectivity index (χ0) is 37.2. The first-order valence-corrected chi connectivity index (χ1v) is 18.8. The fourth-order valence-electron chi connectivity index (χ4n) is 4.52. The Kier molecular flexibility index (Phi) is 11.6. The molecule has 4 aromatic rings. The highest BCUT2D eigenvalue weighted by molar-refractivity contribution is 6.74. The van der Waals surface area contributed by atoms with E-state index in [2.05, 4.69) is 5.10 Å². The van der Waals surface area contributed by atoms with Gasteiger partial charge in [0.25, 0.3) is 0 Å². The summed E-state index contributed by atoms with van der Waals surface area (Å²) in [6, 6.07) is 13.1. The van der Waals surface area contributed by atoms with Crippen LogP contribution in [0.3, 0.4) is 0 Å². The molecule has 0 N–H and O–H groups in total. The summed E-state index contributed by atoms with van der Waals surface area (Å²) >= 11 is 11.9. The molecule has 0 unspecified atom stereocenters. The van der Waals surface area contributed by atoms with E-state index in [9.17, 15) is 31.1 Å². The van der Waals surface area contributed by atoms with Crippen LogP contribution in [-0.2, 0) is 35.2 Å². The van der Waals surface area contributed by atoms with Crippen LogP contribution in [0.5, 0.6) is 11.5 Å². The van der Waals surface area contributed by atoms with Gasteiger partial charge in [0.2, 0.25) is 0 Å². The van der Waals surface area contributed by atoms with Crippen molar-refractivity contribution in [1.29, 1.82) is 0 Å². The molecule has 15 heteroatoms.